The van der Waals surface area contributed by atoms with Gasteiger partial charge in [0.1, 0.15) is 17.7 Å². The topological polar surface area (TPSA) is 41.6 Å². The van der Waals surface area contributed by atoms with Gasteiger partial charge in [-0.3, -0.25) is 4.79 Å². The highest BCUT2D eigenvalue weighted by Crippen LogP contribution is 2.24. The van der Waals surface area contributed by atoms with Crippen LogP contribution in [0.3, 0.4) is 0 Å². The maximum absolute atomic E-state index is 13.9. The monoisotopic (exact) mass is 412 g/mol. The van der Waals surface area contributed by atoms with Crippen LogP contribution in [0.5, 0.6) is 5.75 Å². The standard InChI is InChI=1S/C20H22ClFN2O2.ClH/c1-2-24-11-9-15(10-12-24)26-16-6-3-5-14(13-16)23-20(25)19-17(21)7-4-8-18(19)22;/h3-8,13,15H,2,9-12H2,1H3,(H,23,25);1H. The van der Waals surface area contributed by atoms with Crippen LogP contribution < -0.4 is 10.1 Å². The lowest BCUT2D eigenvalue weighted by atomic mass is 10.1. The molecule has 0 spiro atoms. The van der Waals surface area contributed by atoms with E-state index in [1.54, 1.807) is 18.2 Å². The van der Waals surface area contributed by atoms with Gasteiger partial charge in [0.2, 0.25) is 0 Å². The number of rotatable bonds is 5. The first-order chi connectivity index (χ1) is 12.6. The van der Waals surface area contributed by atoms with Crippen LogP contribution in [-0.2, 0) is 0 Å². The van der Waals surface area contributed by atoms with Crippen LogP contribution in [0, 0.1) is 5.82 Å². The average molecular weight is 413 g/mol. The van der Waals surface area contributed by atoms with Gasteiger partial charge in [0.15, 0.2) is 0 Å². The van der Waals surface area contributed by atoms with Crippen molar-refractivity contribution in [3.05, 3.63) is 58.9 Å². The largest absolute Gasteiger partial charge is 0.490 e. The molecule has 3 rings (SSSR count). The number of piperidine rings is 1. The molecule has 0 saturated carbocycles. The van der Waals surface area contributed by atoms with Crippen LogP contribution in [0.25, 0.3) is 0 Å². The molecule has 4 nitrogen and oxygen atoms in total. The smallest absolute Gasteiger partial charge is 0.260 e. The fourth-order valence-corrected chi connectivity index (χ4v) is 3.34. The molecule has 1 heterocycles. The van der Waals surface area contributed by atoms with Gasteiger partial charge in [-0.2, -0.15) is 0 Å². The van der Waals surface area contributed by atoms with Crippen LogP contribution >= 0.6 is 24.0 Å². The number of anilines is 1. The lowest BCUT2D eigenvalue weighted by Crippen LogP contribution is -2.37. The quantitative estimate of drug-likeness (QED) is 0.749. The number of halogens is 3. The van der Waals surface area contributed by atoms with Crippen molar-refractivity contribution in [2.24, 2.45) is 0 Å². The highest BCUT2D eigenvalue weighted by Gasteiger charge is 2.20. The SMILES string of the molecule is CCN1CCC(Oc2cccc(NC(=O)c3c(F)cccc3Cl)c2)CC1.Cl. The van der Waals surface area contributed by atoms with Crippen molar-refractivity contribution in [1.82, 2.24) is 4.90 Å². The molecule has 1 N–H and O–H groups in total. The molecule has 0 bridgehead atoms. The fourth-order valence-electron chi connectivity index (χ4n) is 3.09. The Morgan fingerprint density at radius 3 is 2.63 bits per heavy atom. The van der Waals surface area contributed by atoms with E-state index >= 15 is 0 Å². The highest BCUT2D eigenvalue weighted by atomic mass is 35.5. The number of carbonyl (C=O) groups excluding carboxylic acids is 1. The first kappa shape index (κ1) is 21.5. The number of ether oxygens (including phenoxy) is 1. The summed E-state index contributed by atoms with van der Waals surface area (Å²) in [7, 11) is 0. The molecule has 0 radical (unpaired) electrons. The van der Waals surface area contributed by atoms with Gasteiger partial charge >= 0.3 is 0 Å². The third-order valence-corrected chi connectivity index (χ3v) is 4.88. The van der Waals surface area contributed by atoms with Gasteiger partial charge in [-0.1, -0.05) is 30.7 Å². The van der Waals surface area contributed by atoms with Gasteiger partial charge in [0, 0.05) is 24.8 Å². The van der Waals surface area contributed by atoms with E-state index in [2.05, 4.69) is 17.1 Å². The molecule has 2 aromatic carbocycles. The van der Waals surface area contributed by atoms with E-state index in [0.29, 0.717) is 11.4 Å². The summed E-state index contributed by atoms with van der Waals surface area (Å²) in [5, 5.41) is 2.76. The summed E-state index contributed by atoms with van der Waals surface area (Å²) in [6.45, 7) is 5.29. The Balaban J connectivity index is 0.00000261. The minimum absolute atomic E-state index is 0. The second-order valence-corrected chi connectivity index (χ2v) is 6.74. The fraction of sp³-hybridized carbons (Fsp3) is 0.350. The molecule has 1 aliphatic heterocycles. The Hall–Kier alpha value is -1.82. The summed E-state index contributed by atoms with van der Waals surface area (Å²) < 4.78 is 19.9. The van der Waals surface area contributed by atoms with E-state index in [0.717, 1.165) is 32.5 Å². The Morgan fingerprint density at radius 1 is 1.26 bits per heavy atom. The molecule has 0 aromatic heterocycles. The first-order valence-electron chi connectivity index (χ1n) is 8.81. The van der Waals surface area contributed by atoms with Crippen LogP contribution in [0.1, 0.15) is 30.1 Å². The summed E-state index contributed by atoms with van der Waals surface area (Å²) >= 11 is 5.94. The third-order valence-electron chi connectivity index (χ3n) is 4.57. The molecule has 1 fully saturated rings. The normalized spacial score (nSPS) is 15.1. The number of likely N-dealkylation sites (tertiary alicyclic amines) is 1. The van der Waals surface area contributed by atoms with Crippen molar-refractivity contribution in [2.45, 2.75) is 25.9 Å². The average Bonchev–Trinajstić information content (AvgIpc) is 2.62. The van der Waals surface area contributed by atoms with E-state index in [1.807, 2.05) is 6.07 Å². The molecule has 27 heavy (non-hydrogen) atoms. The number of nitrogens with one attached hydrogen (secondary N) is 1. The molecule has 1 saturated heterocycles. The van der Waals surface area contributed by atoms with Gasteiger partial charge < -0.3 is 15.0 Å². The Kier molecular flexibility index (Phi) is 7.90. The molecule has 2 aromatic rings. The minimum atomic E-state index is -0.648. The van der Waals surface area contributed by atoms with Gasteiger partial charge in [-0.15, -0.1) is 12.4 Å². The highest BCUT2D eigenvalue weighted by molar-refractivity contribution is 6.34. The van der Waals surface area contributed by atoms with Crippen molar-refractivity contribution in [1.29, 1.82) is 0 Å². The van der Waals surface area contributed by atoms with E-state index in [1.165, 1.54) is 18.2 Å². The summed E-state index contributed by atoms with van der Waals surface area (Å²) in [6, 6.07) is 11.3. The van der Waals surface area contributed by atoms with Gasteiger partial charge in [0.05, 0.1) is 10.6 Å². The van der Waals surface area contributed by atoms with Crippen LogP contribution in [-0.4, -0.2) is 36.5 Å². The Bertz CT molecular complexity index is 760. The van der Waals surface area contributed by atoms with Crippen LogP contribution in [0.4, 0.5) is 10.1 Å². The van der Waals surface area contributed by atoms with Gasteiger partial charge in [-0.25, -0.2) is 4.39 Å². The lowest BCUT2D eigenvalue weighted by Gasteiger charge is -2.31. The van der Waals surface area contributed by atoms with E-state index in [4.69, 9.17) is 16.3 Å². The summed E-state index contributed by atoms with van der Waals surface area (Å²) in [5.74, 6) is -0.538. The zero-order chi connectivity index (χ0) is 18.5. The molecular weight excluding hydrogens is 390 g/mol. The Morgan fingerprint density at radius 2 is 1.96 bits per heavy atom. The van der Waals surface area contributed by atoms with E-state index in [9.17, 15) is 9.18 Å². The molecular formula is C20H23Cl2FN2O2. The van der Waals surface area contributed by atoms with Crippen molar-refractivity contribution in [3.8, 4) is 5.75 Å². The number of nitrogens with zero attached hydrogens (tertiary/aromatic N) is 1. The summed E-state index contributed by atoms with van der Waals surface area (Å²) in [6.07, 6.45) is 2.13. The molecule has 7 heteroatoms. The van der Waals surface area contributed by atoms with E-state index in [-0.39, 0.29) is 29.1 Å². The van der Waals surface area contributed by atoms with Crippen LogP contribution in [0.2, 0.25) is 5.02 Å². The maximum atomic E-state index is 13.9. The molecule has 1 aliphatic rings. The number of hydrogen-bond acceptors (Lipinski definition) is 3. The Labute approximate surface area is 170 Å². The third kappa shape index (κ3) is 5.58. The summed E-state index contributed by atoms with van der Waals surface area (Å²) in [5.41, 5.74) is 0.380. The lowest BCUT2D eigenvalue weighted by molar-refractivity contribution is 0.102. The molecule has 1 amide bonds. The predicted octanol–water partition coefficient (Wildman–Crippen LogP) is 5.02. The van der Waals surface area contributed by atoms with Gasteiger partial charge in [0.25, 0.3) is 5.91 Å². The van der Waals surface area contributed by atoms with Crippen molar-refractivity contribution in [2.75, 3.05) is 25.0 Å². The predicted molar refractivity (Wildman–Crippen MR) is 109 cm³/mol. The molecule has 0 unspecified atom stereocenters. The second-order valence-electron chi connectivity index (χ2n) is 6.33. The second kappa shape index (κ2) is 9.93. The zero-order valence-electron chi connectivity index (χ0n) is 15.1. The summed E-state index contributed by atoms with van der Waals surface area (Å²) in [4.78, 5) is 14.7. The van der Waals surface area contributed by atoms with Gasteiger partial charge in [-0.05, 0) is 43.7 Å². The maximum Gasteiger partial charge on any atom is 0.260 e. The van der Waals surface area contributed by atoms with Crippen molar-refractivity contribution < 1.29 is 13.9 Å². The van der Waals surface area contributed by atoms with Crippen molar-refractivity contribution >= 4 is 35.6 Å². The minimum Gasteiger partial charge on any atom is -0.490 e. The van der Waals surface area contributed by atoms with Crippen LogP contribution in [0.15, 0.2) is 42.5 Å². The first-order valence-corrected chi connectivity index (χ1v) is 9.19. The zero-order valence-corrected chi connectivity index (χ0v) is 16.7. The van der Waals surface area contributed by atoms with Crippen molar-refractivity contribution in [3.63, 3.8) is 0 Å². The number of carbonyl (C=O) groups is 1. The molecule has 0 aliphatic carbocycles. The number of amides is 1. The molecule has 0 atom stereocenters. The number of hydrogen-bond donors (Lipinski definition) is 1. The molecule has 146 valence electrons. The van der Waals surface area contributed by atoms with E-state index < -0.39 is 11.7 Å². The number of benzene rings is 2.